The molecule has 0 aliphatic carbocycles. The molecule has 1 aliphatic rings. The average Bonchev–Trinajstić information content (AvgIpc) is 1.90. The van der Waals surface area contributed by atoms with Gasteiger partial charge in [0.25, 0.3) is 0 Å². The molecule has 0 bridgehead atoms. The van der Waals surface area contributed by atoms with Crippen LogP contribution in [0, 0.1) is 0 Å². The lowest BCUT2D eigenvalue weighted by Gasteiger charge is -2.30. The van der Waals surface area contributed by atoms with Gasteiger partial charge in [0.2, 0.25) is 0 Å². The predicted octanol–water partition coefficient (Wildman–Crippen LogP) is 0.389. The first-order valence-electron chi connectivity index (χ1n) is 3.32. The van der Waals surface area contributed by atoms with E-state index in [4.69, 9.17) is 12.6 Å². The standard InChI is InChI=1S/C6H13N2S/c1-7-2-4-8(6-9)5-3-7/h2-6H2,1H3. The Bertz CT molecular complexity index is 79.1. The molecule has 0 amide bonds. The van der Waals surface area contributed by atoms with Crippen molar-refractivity contribution in [3.8, 4) is 0 Å². The Kier molecular flexibility index (Phi) is 2.82. The third-order valence-corrected chi connectivity index (χ3v) is 2.14. The molecular weight excluding hydrogens is 132 g/mol. The lowest BCUT2D eigenvalue weighted by Crippen LogP contribution is -2.43. The third kappa shape index (κ3) is 2.16. The maximum absolute atomic E-state index is 4.92. The van der Waals surface area contributed by atoms with Gasteiger partial charge in [-0.15, -0.1) is 0 Å². The molecule has 0 saturated carbocycles. The molecule has 0 atom stereocenters. The highest BCUT2D eigenvalue weighted by Crippen LogP contribution is 1.98. The van der Waals surface area contributed by atoms with Crippen LogP contribution in [0.25, 0.3) is 0 Å². The predicted molar refractivity (Wildman–Crippen MR) is 41.5 cm³/mol. The van der Waals surface area contributed by atoms with E-state index >= 15 is 0 Å². The molecule has 1 radical (unpaired) electrons. The summed E-state index contributed by atoms with van der Waals surface area (Å²) in [4.78, 5) is 4.64. The van der Waals surface area contributed by atoms with Gasteiger partial charge in [0.15, 0.2) is 0 Å². The summed E-state index contributed by atoms with van der Waals surface area (Å²) in [5.41, 5.74) is 0. The van der Waals surface area contributed by atoms with Gasteiger partial charge in [-0.3, -0.25) is 4.90 Å². The van der Waals surface area contributed by atoms with Gasteiger partial charge >= 0.3 is 0 Å². The molecule has 3 heteroatoms. The Hall–Kier alpha value is 0.270. The van der Waals surface area contributed by atoms with Gasteiger partial charge in [0.1, 0.15) is 0 Å². The zero-order valence-electron chi connectivity index (χ0n) is 5.84. The Balaban J connectivity index is 2.18. The molecule has 53 valence electrons. The molecule has 0 spiro atoms. The average molecular weight is 145 g/mol. The monoisotopic (exact) mass is 145 g/mol. The summed E-state index contributed by atoms with van der Waals surface area (Å²) in [6, 6.07) is 0. The SMILES string of the molecule is CN1CCN(C[S])CC1. The number of hydrogen-bond donors (Lipinski definition) is 0. The molecule has 0 N–H and O–H groups in total. The topological polar surface area (TPSA) is 6.48 Å². The summed E-state index contributed by atoms with van der Waals surface area (Å²) in [6.45, 7) is 4.66. The quantitative estimate of drug-likeness (QED) is 0.526. The van der Waals surface area contributed by atoms with Gasteiger partial charge in [0, 0.05) is 26.2 Å². The summed E-state index contributed by atoms with van der Waals surface area (Å²) >= 11 is 4.92. The van der Waals surface area contributed by atoms with E-state index in [0.29, 0.717) is 0 Å². The second-order valence-electron chi connectivity index (χ2n) is 2.55. The van der Waals surface area contributed by atoms with Crippen LogP contribution in [-0.2, 0) is 0 Å². The van der Waals surface area contributed by atoms with Crippen LogP contribution < -0.4 is 0 Å². The van der Waals surface area contributed by atoms with Crippen molar-refractivity contribution in [2.24, 2.45) is 0 Å². The Morgan fingerprint density at radius 2 is 1.78 bits per heavy atom. The minimum Gasteiger partial charge on any atom is -0.304 e. The van der Waals surface area contributed by atoms with E-state index < -0.39 is 0 Å². The molecular formula is C6H13N2S. The lowest BCUT2D eigenvalue weighted by molar-refractivity contribution is 0.175. The van der Waals surface area contributed by atoms with E-state index in [9.17, 15) is 0 Å². The molecule has 0 aromatic carbocycles. The van der Waals surface area contributed by atoms with E-state index in [-0.39, 0.29) is 0 Å². The molecule has 1 aliphatic heterocycles. The maximum Gasteiger partial charge on any atom is 0.0550 e. The lowest BCUT2D eigenvalue weighted by atomic mass is 10.4. The van der Waals surface area contributed by atoms with Crippen molar-refractivity contribution in [3.63, 3.8) is 0 Å². The zero-order valence-corrected chi connectivity index (χ0v) is 6.65. The number of rotatable bonds is 1. The largest absolute Gasteiger partial charge is 0.304 e. The first-order chi connectivity index (χ1) is 4.33. The second kappa shape index (κ2) is 3.44. The van der Waals surface area contributed by atoms with Gasteiger partial charge in [-0.25, -0.2) is 0 Å². The number of nitrogens with zero attached hydrogens (tertiary/aromatic N) is 2. The highest BCUT2D eigenvalue weighted by Gasteiger charge is 2.10. The van der Waals surface area contributed by atoms with Crippen LogP contribution in [0.5, 0.6) is 0 Å². The van der Waals surface area contributed by atoms with Crippen molar-refractivity contribution < 1.29 is 0 Å². The van der Waals surface area contributed by atoms with Crippen molar-refractivity contribution in [1.82, 2.24) is 9.80 Å². The molecule has 0 aromatic heterocycles. The maximum atomic E-state index is 4.92. The third-order valence-electron chi connectivity index (χ3n) is 1.78. The second-order valence-corrected chi connectivity index (χ2v) is 2.81. The van der Waals surface area contributed by atoms with Crippen molar-refractivity contribution in [2.45, 2.75) is 0 Å². The van der Waals surface area contributed by atoms with E-state index in [1.54, 1.807) is 0 Å². The number of likely N-dealkylation sites (N-methyl/N-ethyl adjacent to an activating group) is 1. The zero-order chi connectivity index (χ0) is 6.69. The summed E-state index contributed by atoms with van der Waals surface area (Å²) in [6.07, 6.45) is 0. The molecule has 1 saturated heterocycles. The van der Waals surface area contributed by atoms with E-state index in [2.05, 4.69) is 16.8 Å². The Morgan fingerprint density at radius 1 is 1.22 bits per heavy atom. The molecule has 0 aromatic rings. The summed E-state index contributed by atoms with van der Waals surface area (Å²) < 4.78 is 0. The molecule has 1 heterocycles. The van der Waals surface area contributed by atoms with Crippen molar-refractivity contribution in [3.05, 3.63) is 0 Å². The van der Waals surface area contributed by atoms with Crippen molar-refractivity contribution >= 4 is 12.6 Å². The number of piperazine rings is 1. The van der Waals surface area contributed by atoms with Crippen LogP contribution in [0.3, 0.4) is 0 Å². The number of hydrogen-bond acceptors (Lipinski definition) is 2. The van der Waals surface area contributed by atoms with E-state index in [1.165, 1.54) is 13.1 Å². The van der Waals surface area contributed by atoms with Crippen LogP contribution >= 0.6 is 12.6 Å². The van der Waals surface area contributed by atoms with Gasteiger partial charge in [-0.05, 0) is 7.05 Å². The summed E-state index contributed by atoms with van der Waals surface area (Å²) in [7, 11) is 2.15. The Morgan fingerprint density at radius 3 is 2.22 bits per heavy atom. The van der Waals surface area contributed by atoms with Crippen LogP contribution in [0.15, 0.2) is 0 Å². The fraction of sp³-hybridized carbons (Fsp3) is 1.00. The van der Waals surface area contributed by atoms with Gasteiger partial charge in [-0.2, -0.15) is 0 Å². The fourth-order valence-electron chi connectivity index (χ4n) is 0.977. The molecule has 1 rings (SSSR count). The van der Waals surface area contributed by atoms with Crippen LogP contribution in [0.2, 0.25) is 0 Å². The highest BCUT2D eigenvalue weighted by atomic mass is 32.1. The molecule has 1 fully saturated rings. The van der Waals surface area contributed by atoms with Crippen LogP contribution in [-0.4, -0.2) is 48.9 Å². The first kappa shape index (κ1) is 7.38. The van der Waals surface area contributed by atoms with E-state index in [0.717, 1.165) is 19.0 Å². The van der Waals surface area contributed by atoms with Crippen molar-refractivity contribution in [1.29, 1.82) is 0 Å². The first-order valence-corrected chi connectivity index (χ1v) is 3.89. The minimum atomic E-state index is 0.799. The molecule has 9 heavy (non-hydrogen) atoms. The van der Waals surface area contributed by atoms with Crippen LogP contribution in [0.1, 0.15) is 0 Å². The smallest absolute Gasteiger partial charge is 0.0550 e. The Labute approximate surface area is 62.2 Å². The summed E-state index contributed by atoms with van der Waals surface area (Å²) in [5, 5.41) is 0. The van der Waals surface area contributed by atoms with Crippen LogP contribution in [0.4, 0.5) is 0 Å². The normalized spacial score (nSPS) is 24.7. The van der Waals surface area contributed by atoms with E-state index in [1.807, 2.05) is 0 Å². The van der Waals surface area contributed by atoms with Gasteiger partial charge in [0.05, 0.1) is 5.88 Å². The fourth-order valence-corrected chi connectivity index (χ4v) is 1.24. The minimum absolute atomic E-state index is 0.799. The van der Waals surface area contributed by atoms with Gasteiger partial charge < -0.3 is 4.90 Å². The molecule has 2 nitrogen and oxygen atoms in total. The van der Waals surface area contributed by atoms with Gasteiger partial charge in [-0.1, -0.05) is 12.6 Å². The summed E-state index contributed by atoms with van der Waals surface area (Å²) in [5.74, 6) is 0.799. The molecule has 0 unspecified atom stereocenters. The van der Waals surface area contributed by atoms with Crippen molar-refractivity contribution in [2.75, 3.05) is 39.1 Å². The highest BCUT2D eigenvalue weighted by molar-refractivity contribution is 7.80.